The van der Waals surface area contributed by atoms with Crippen LogP contribution in [0.4, 0.5) is 4.79 Å². The normalized spacial score (nSPS) is 11.2. The average molecular weight is 347 g/mol. The summed E-state index contributed by atoms with van der Waals surface area (Å²) < 4.78 is 5.08. The zero-order chi connectivity index (χ0) is 18.6. The molecule has 0 aliphatic heterocycles. The second-order valence-corrected chi connectivity index (χ2v) is 6.47. The van der Waals surface area contributed by atoms with Crippen LogP contribution in [0, 0.1) is 0 Å². The fraction of sp³-hybridized carbons (Fsp3) is 0.353. The second-order valence-electron chi connectivity index (χ2n) is 6.47. The second kappa shape index (κ2) is 7.25. The largest absolute Gasteiger partial charge is 0.478 e. The first-order chi connectivity index (χ1) is 11.7. The Kier molecular flexibility index (Phi) is 5.31. The predicted octanol–water partition coefficient (Wildman–Crippen LogP) is 2.12. The number of aromatic amines is 1. The van der Waals surface area contributed by atoms with Crippen molar-refractivity contribution in [1.29, 1.82) is 0 Å². The molecule has 0 saturated carbocycles. The minimum Gasteiger partial charge on any atom is -0.478 e. The monoisotopic (exact) mass is 347 g/mol. The Morgan fingerprint density at radius 2 is 1.80 bits per heavy atom. The van der Waals surface area contributed by atoms with Crippen molar-refractivity contribution >= 4 is 28.9 Å². The lowest BCUT2D eigenvalue weighted by Gasteiger charge is -2.19. The van der Waals surface area contributed by atoms with Crippen LogP contribution < -0.4 is 10.6 Å². The Labute approximate surface area is 144 Å². The summed E-state index contributed by atoms with van der Waals surface area (Å²) in [5.74, 6) is -1.37. The number of H-pyrrole nitrogens is 1. The highest BCUT2D eigenvalue weighted by molar-refractivity contribution is 6.00. The van der Waals surface area contributed by atoms with Gasteiger partial charge in [0.1, 0.15) is 11.3 Å². The summed E-state index contributed by atoms with van der Waals surface area (Å²) in [5.41, 5.74) is 0.559. The van der Waals surface area contributed by atoms with Crippen LogP contribution >= 0.6 is 0 Å². The Bertz CT molecular complexity index is 804. The first kappa shape index (κ1) is 18.3. The van der Waals surface area contributed by atoms with E-state index >= 15 is 0 Å². The molecular weight excluding hydrogens is 326 g/mol. The fourth-order valence-corrected chi connectivity index (χ4v) is 2.14. The van der Waals surface area contributed by atoms with Crippen LogP contribution in [0.5, 0.6) is 0 Å². The molecule has 0 aliphatic rings. The number of fused-ring (bicyclic) bond motifs is 1. The number of ether oxygens (including phenoxy) is 1. The van der Waals surface area contributed by atoms with E-state index in [2.05, 4.69) is 15.6 Å². The van der Waals surface area contributed by atoms with Crippen molar-refractivity contribution in [2.75, 3.05) is 13.1 Å². The summed E-state index contributed by atoms with van der Waals surface area (Å²) in [7, 11) is 0. The first-order valence-corrected chi connectivity index (χ1v) is 7.77. The topological polar surface area (TPSA) is 121 Å². The highest BCUT2D eigenvalue weighted by Gasteiger charge is 2.16. The summed E-state index contributed by atoms with van der Waals surface area (Å²) >= 11 is 0. The van der Waals surface area contributed by atoms with Crippen LogP contribution in [0.2, 0.25) is 0 Å². The van der Waals surface area contributed by atoms with Gasteiger partial charge in [-0.15, -0.1) is 0 Å². The molecule has 8 nitrogen and oxygen atoms in total. The van der Waals surface area contributed by atoms with Gasteiger partial charge in [-0.3, -0.25) is 4.79 Å². The number of aromatic carboxylic acids is 1. The van der Waals surface area contributed by atoms with Crippen LogP contribution in [0.25, 0.3) is 10.9 Å². The third-order valence-electron chi connectivity index (χ3n) is 3.19. The minimum absolute atomic E-state index is 0.153. The smallest absolute Gasteiger partial charge is 0.407 e. The summed E-state index contributed by atoms with van der Waals surface area (Å²) in [6.07, 6.45) is -0.548. The number of carboxylic acids is 1. The maximum atomic E-state index is 12.1. The molecule has 2 rings (SSSR count). The molecule has 0 saturated heterocycles. The molecule has 134 valence electrons. The standard InChI is InChI=1S/C17H21N3O5/c1-17(2,3)25-16(24)19-7-6-18-14(21)13-9-11-8-10(15(22)23)4-5-12(11)20-13/h4-5,8-9,20H,6-7H2,1-3H3,(H,18,21)(H,19,24)(H,22,23). The molecule has 0 unspecified atom stereocenters. The highest BCUT2D eigenvalue weighted by atomic mass is 16.6. The summed E-state index contributed by atoms with van der Waals surface area (Å²) in [6, 6.07) is 6.15. The van der Waals surface area contributed by atoms with Crippen molar-refractivity contribution in [3.8, 4) is 0 Å². The quantitative estimate of drug-likeness (QED) is 0.618. The van der Waals surface area contributed by atoms with Crippen LogP contribution in [-0.2, 0) is 4.74 Å². The lowest BCUT2D eigenvalue weighted by molar-refractivity contribution is 0.0526. The number of hydrogen-bond acceptors (Lipinski definition) is 4. The van der Waals surface area contributed by atoms with E-state index in [1.54, 1.807) is 32.9 Å². The predicted molar refractivity (Wildman–Crippen MR) is 91.8 cm³/mol. The van der Waals surface area contributed by atoms with E-state index in [0.717, 1.165) is 0 Å². The molecule has 0 aliphatic carbocycles. The lowest BCUT2D eigenvalue weighted by atomic mass is 10.1. The highest BCUT2D eigenvalue weighted by Crippen LogP contribution is 2.17. The van der Waals surface area contributed by atoms with Gasteiger partial charge in [0.25, 0.3) is 5.91 Å². The number of carbonyl (C=O) groups is 3. The van der Waals surface area contributed by atoms with Gasteiger partial charge in [-0.05, 0) is 45.0 Å². The van der Waals surface area contributed by atoms with Gasteiger partial charge in [0.05, 0.1) is 5.56 Å². The third kappa shape index (κ3) is 5.23. The number of rotatable bonds is 5. The molecule has 0 fully saturated rings. The van der Waals surface area contributed by atoms with Crippen molar-refractivity contribution < 1.29 is 24.2 Å². The van der Waals surface area contributed by atoms with Gasteiger partial charge in [0.15, 0.2) is 0 Å². The van der Waals surface area contributed by atoms with E-state index < -0.39 is 17.7 Å². The molecule has 0 radical (unpaired) electrons. The summed E-state index contributed by atoms with van der Waals surface area (Å²) in [6.45, 7) is 5.75. The van der Waals surface area contributed by atoms with Gasteiger partial charge in [0.2, 0.25) is 0 Å². The van der Waals surface area contributed by atoms with Gasteiger partial charge >= 0.3 is 12.1 Å². The first-order valence-electron chi connectivity index (χ1n) is 7.77. The summed E-state index contributed by atoms with van der Waals surface area (Å²) in [4.78, 5) is 37.5. The number of nitrogens with one attached hydrogen (secondary N) is 3. The Balaban J connectivity index is 1.88. The van der Waals surface area contributed by atoms with Gasteiger partial charge in [-0.2, -0.15) is 0 Å². The Morgan fingerprint density at radius 1 is 1.12 bits per heavy atom. The maximum Gasteiger partial charge on any atom is 0.407 e. The molecule has 0 bridgehead atoms. The van der Waals surface area contributed by atoms with E-state index in [9.17, 15) is 14.4 Å². The molecule has 8 heteroatoms. The van der Waals surface area contributed by atoms with Crippen LogP contribution in [-0.4, -0.2) is 46.8 Å². The molecule has 1 aromatic carbocycles. The van der Waals surface area contributed by atoms with Gasteiger partial charge in [-0.1, -0.05) is 0 Å². The SMILES string of the molecule is CC(C)(C)OC(=O)NCCNC(=O)c1cc2cc(C(=O)O)ccc2[nH]1. The van der Waals surface area contributed by atoms with Crippen LogP contribution in [0.3, 0.4) is 0 Å². The molecule has 0 atom stereocenters. The van der Waals surface area contributed by atoms with Crippen molar-refractivity contribution in [2.24, 2.45) is 0 Å². The molecule has 2 amide bonds. The number of hydrogen-bond donors (Lipinski definition) is 4. The van der Waals surface area contributed by atoms with Gasteiger partial charge in [0, 0.05) is 24.0 Å². The number of alkyl carbamates (subject to hydrolysis) is 1. The van der Waals surface area contributed by atoms with E-state index in [0.29, 0.717) is 16.6 Å². The number of amides is 2. The van der Waals surface area contributed by atoms with Crippen LogP contribution in [0.15, 0.2) is 24.3 Å². The van der Waals surface area contributed by atoms with Crippen LogP contribution in [0.1, 0.15) is 41.6 Å². The molecule has 1 heterocycles. The summed E-state index contributed by atoms with van der Waals surface area (Å²) in [5, 5.41) is 14.8. The van der Waals surface area contributed by atoms with Crippen molar-refractivity contribution in [1.82, 2.24) is 15.6 Å². The zero-order valence-electron chi connectivity index (χ0n) is 14.3. The minimum atomic E-state index is -1.03. The van der Waals surface area contributed by atoms with Crippen molar-refractivity contribution in [3.63, 3.8) is 0 Å². The van der Waals surface area contributed by atoms with Crippen molar-refractivity contribution in [3.05, 3.63) is 35.5 Å². The molecule has 0 spiro atoms. The van der Waals surface area contributed by atoms with Gasteiger partial charge < -0.3 is 25.5 Å². The number of benzene rings is 1. The van der Waals surface area contributed by atoms with E-state index in [-0.39, 0.29) is 24.6 Å². The maximum absolute atomic E-state index is 12.1. The molecular formula is C17H21N3O5. The zero-order valence-corrected chi connectivity index (χ0v) is 14.3. The van der Waals surface area contributed by atoms with E-state index in [4.69, 9.17) is 9.84 Å². The Hall–Kier alpha value is -3.03. The molecule has 4 N–H and O–H groups in total. The number of carbonyl (C=O) groups excluding carboxylic acids is 2. The molecule has 1 aromatic heterocycles. The number of aromatic nitrogens is 1. The molecule has 2 aromatic rings. The fourth-order valence-electron chi connectivity index (χ4n) is 2.14. The van der Waals surface area contributed by atoms with Gasteiger partial charge in [-0.25, -0.2) is 9.59 Å². The van der Waals surface area contributed by atoms with E-state index in [1.807, 2.05) is 0 Å². The molecule has 25 heavy (non-hydrogen) atoms. The lowest BCUT2D eigenvalue weighted by Crippen LogP contribution is -2.37. The Morgan fingerprint density at radius 3 is 2.44 bits per heavy atom. The number of carboxylic acid groups (broad SMARTS) is 1. The third-order valence-corrected chi connectivity index (χ3v) is 3.19. The van der Waals surface area contributed by atoms with Crippen molar-refractivity contribution in [2.45, 2.75) is 26.4 Å². The van der Waals surface area contributed by atoms with E-state index in [1.165, 1.54) is 12.1 Å². The average Bonchev–Trinajstić information content (AvgIpc) is 2.92.